The van der Waals surface area contributed by atoms with Crippen molar-refractivity contribution in [1.82, 2.24) is 19.9 Å². The number of rotatable bonds is 3. The summed E-state index contributed by atoms with van der Waals surface area (Å²) in [6.07, 6.45) is -3.06. The van der Waals surface area contributed by atoms with Gasteiger partial charge in [-0.3, -0.25) is 24.4 Å². The molecule has 3 N–H and O–H groups in total. The standard InChI is InChI=1S/C20H14F3N5O4/c1-10-2-4-12(5-3-10)28-14-13(16(30)26-18(28)32)19(17(31)25-14,20(21,22)23)27-15(29)11-6-8-24-9-7-11/h2-9H,1H3,(H,25,31)(H,27,29)(H,26,30,32)/t19-/m0/s1. The third-order valence-corrected chi connectivity index (χ3v) is 5.02. The number of aryl methyl sites for hydroxylation is 1. The van der Waals surface area contributed by atoms with E-state index in [0.717, 1.165) is 22.3 Å². The van der Waals surface area contributed by atoms with E-state index in [1.54, 1.807) is 24.4 Å². The first-order valence-corrected chi connectivity index (χ1v) is 9.14. The molecular weight excluding hydrogens is 431 g/mol. The van der Waals surface area contributed by atoms with Gasteiger partial charge in [0.1, 0.15) is 11.4 Å². The third kappa shape index (κ3) is 3.07. The van der Waals surface area contributed by atoms with E-state index < -0.39 is 46.2 Å². The molecule has 9 nitrogen and oxygen atoms in total. The minimum atomic E-state index is -5.42. The van der Waals surface area contributed by atoms with Crippen LogP contribution in [-0.4, -0.2) is 32.5 Å². The molecular formula is C20H14F3N5O4. The summed E-state index contributed by atoms with van der Waals surface area (Å²) >= 11 is 0. The number of pyridine rings is 1. The lowest BCUT2D eigenvalue weighted by molar-refractivity contribution is -0.196. The number of halogens is 3. The van der Waals surface area contributed by atoms with E-state index in [0.29, 0.717) is 0 Å². The maximum absolute atomic E-state index is 14.4. The van der Waals surface area contributed by atoms with E-state index >= 15 is 0 Å². The zero-order valence-corrected chi connectivity index (χ0v) is 16.3. The van der Waals surface area contributed by atoms with Gasteiger partial charge in [-0.05, 0) is 31.2 Å². The molecule has 0 saturated heterocycles. The Morgan fingerprint density at radius 1 is 1.06 bits per heavy atom. The van der Waals surface area contributed by atoms with Crippen LogP contribution in [-0.2, 0) is 10.3 Å². The molecule has 4 rings (SSSR count). The second-order valence-electron chi connectivity index (χ2n) is 7.05. The number of aromatic amines is 1. The first-order chi connectivity index (χ1) is 15.1. The number of hydrogen-bond acceptors (Lipinski definition) is 5. The van der Waals surface area contributed by atoms with Crippen molar-refractivity contribution in [3.63, 3.8) is 0 Å². The molecule has 1 aromatic carbocycles. The third-order valence-electron chi connectivity index (χ3n) is 5.02. The summed E-state index contributed by atoms with van der Waals surface area (Å²) in [6.45, 7) is 1.76. The van der Waals surface area contributed by atoms with Crippen LogP contribution in [0.15, 0.2) is 58.4 Å². The molecule has 32 heavy (non-hydrogen) atoms. The van der Waals surface area contributed by atoms with Crippen LogP contribution in [0.1, 0.15) is 21.5 Å². The number of amides is 2. The first kappa shape index (κ1) is 21.0. The van der Waals surface area contributed by atoms with Crippen LogP contribution in [0.5, 0.6) is 0 Å². The molecule has 1 atom stereocenters. The monoisotopic (exact) mass is 445 g/mol. The number of benzene rings is 1. The maximum Gasteiger partial charge on any atom is 0.425 e. The molecule has 3 heterocycles. The fourth-order valence-corrected chi connectivity index (χ4v) is 3.46. The van der Waals surface area contributed by atoms with Crippen LogP contribution >= 0.6 is 0 Å². The highest BCUT2D eigenvalue weighted by Crippen LogP contribution is 2.45. The van der Waals surface area contributed by atoms with Gasteiger partial charge in [-0.15, -0.1) is 0 Å². The number of carbonyl (C=O) groups excluding carboxylic acids is 2. The number of nitrogens with zero attached hydrogens (tertiary/aromatic N) is 2. The average molecular weight is 445 g/mol. The second kappa shape index (κ2) is 7.18. The van der Waals surface area contributed by atoms with Gasteiger partial charge in [-0.25, -0.2) is 9.36 Å². The van der Waals surface area contributed by atoms with Gasteiger partial charge in [0, 0.05) is 18.0 Å². The highest BCUT2D eigenvalue weighted by Gasteiger charge is 2.68. The lowest BCUT2D eigenvalue weighted by Gasteiger charge is -2.30. The topological polar surface area (TPSA) is 126 Å². The van der Waals surface area contributed by atoms with Crippen LogP contribution in [0.25, 0.3) is 5.69 Å². The van der Waals surface area contributed by atoms with Crippen LogP contribution in [0.3, 0.4) is 0 Å². The van der Waals surface area contributed by atoms with Gasteiger partial charge in [-0.2, -0.15) is 13.2 Å². The molecule has 12 heteroatoms. The summed E-state index contributed by atoms with van der Waals surface area (Å²) in [6, 6.07) is 8.35. The molecule has 2 aromatic heterocycles. The SMILES string of the molecule is Cc1ccc(-n2c3c(c(=O)[nH]c2=O)[C@@](NC(=O)c2ccncc2)(C(F)(F)F)C(=O)N3)cc1. The number of nitrogens with one attached hydrogen (secondary N) is 3. The van der Waals surface area contributed by atoms with Gasteiger partial charge >= 0.3 is 11.9 Å². The van der Waals surface area contributed by atoms with E-state index in [1.807, 2.05) is 10.3 Å². The number of H-pyrrole nitrogens is 1. The minimum Gasteiger partial charge on any atom is -0.326 e. The first-order valence-electron chi connectivity index (χ1n) is 9.14. The smallest absolute Gasteiger partial charge is 0.326 e. The second-order valence-corrected chi connectivity index (χ2v) is 7.05. The Morgan fingerprint density at radius 2 is 1.69 bits per heavy atom. The number of carbonyl (C=O) groups is 2. The maximum atomic E-state index is 14.4. The van der Waals surface area contributed by atoms with Crippen molar-refractivity contribution >= 4 is 17.6 Å². The minimum absolute atomic E-state index is 0.104. The lowest BCUT2D eigenvalue weighted by atomic mass is 9.91. The van der Waals surface area contributed by atoms with E-state index in [4.69, 9.17) is 0 Å². The molecule has 0 bridgehead atoms. The van der Waals surface area contributed by atoms with Gasteiger partial charge in [-0.1, -0.05) is 17.7 Å². The van der Waals surface area contributed by atoms with Crippen molar-refractivity contribution in [2.24, 2.45) is 0 Å². The van der Waals surface area contributed by atoms with Crippen molar-refractivity contribution in [2.75, 3.05) is 5.32 Å². The average Bonchev–Trinajstić information content (AvgIpc) is 3.03. The highest BCUT2D eigenvalue weighted by atomic mass is 19.4. The predicted molar refractivity (Wildman–Crippen MR) is 105 cm³/mol. The van der Waals surface area contributed by atoms with Crippen LogP contribution in [0.4, 0.5) is 19.0 Å². The summed E-state index contributed by atoms with van der Waals surface area (Å²) in [4.78, 5) is 55.9. The Balaban J connectivity index is 1.98. The van der Waals surface area contributed by atoms with E-state index in [9.17, 15) is 32.3 Å². The number of anilines is 1. The van der Waals surface area contributed by atoms with Gasteiger partial charge in [0.15, 0.2) is 0 Å². The van der Waals surface area contributed by atoms with Gasteiger partial charge in [0.05, 0.1) is 5.69 Å². The van der Waals surface area contributed by atoms with Crippen molar-refractivity contribution in [3.8, 4) is 5.69 Å². The van der Waals surface area contributed by atoms with E-state index in [2.05, 4.69) is 4.98 Å². The van der Waals surface area contributed by atoms with E-state index in [-0.39, 0.29) is 11.3 Å². The Hall–Kier alpha value is -4.22. The zero-order chi connectivity index (χ0) is 23.3. The summed E-state index contributed by atoms with van der Waals surface area (Å²) < 4.78 is 43.8. The fraction of sp³-hybridized carbons (Fsp3) is 0.150. The van der Waals surface area contributed by atoms with Crippen molar-refractivity contribution in [1.29, 1.82) is 0 Å². The van der Waals surface area contributed by atoms with Crippen molar-refractivity contribution in [3.05, 3.63) is 86.3 Å². The van der Waals surface area contributed by atoms with Gasteiger partial charge in [0.2, 0.25) is 0 Å². The lowest BCUT2D eigenvalue weighted by Crippen LogP contribution is -2.62. The predicted octanol–water partition coefficient (Wildman–Crippen LogP) is 1.37. The van der Waals surface area contributed by atoms with Crippen molar-refractivity contribution in [2.45, 2.75) is 18.6 Å². The van der Waals surface area contributed by atoms with Crippen LogP contribution < -0.4 is 21.9 Å². The molecule has 0 spiro atoms. The van der Waals surface area contributed by atoms with Crippen LogP contribution in [0.2, 0.25) is 0 Å². The van der Waals surface area contributed by atoms with Crippen LogP contribution in [0, 0.1) is 6.92 Å². The molecule has 1 aliphatic heterocycles. The van der Waals surface area contributed by atoms with Gasteiger partial charge < -0.3 is 10.6 Å². The van der Waals surface area contributed by atoms with Crippen molar-refractivity contribution < 1.29 is 22.8 Å². The summed E-state index contributed by atoms with van der Waals surface area (Å²) in [7, 11) is 0. The highest BCUT2D eigenvalue weighted by molar-refractivity contribution is 6.09. The number of aromatic nitrogens is 3. The summed E-state index contributed by atoms with van der Waals surface area (Å²) in [5.74, 6) is -3.67. The Bertz CT molecular complexity index is 1350. The zero-order valence-electron chi connectivity index (χ0n) is 16.3. The fourth-order valence-electron chi connectivity index (χ4n) is 3.46. The summed E-state index contributed by atoms with van der Waals surface area (Å²) in [5, 5.41) is 3.64. The molecule has 0 radical (unpaired) electrons. The molecule has 2 amide bonds. The summed E-state index contributed by atoms with van der Waals surface area (Å²) in [5.41, 5.74) is -6.69. The normalized spacial score (nSPS) is 17.6. The Kier molecular flexibility index (Phi) is 4.72. The number of alkyl halides is 3. The Morgan fingerprint density at radius 3 is 2.28 bits per heavy atom. The molecule has 0 saturated carbocycles. The van der Waals surface area contributed by atoms with Gasteiger partial charge in [0.25, 0.3) is 22.9 Å². The number of fused-ring (bicyclic) bond motifs is 1. The molecule has 0 unspecified atom stereocenters. The molecule has 3 aromatic rings. The molecule has 0 fully saturated rings. The number of hydrogen-bond donors (Lipinski definition) is 3. The molecule has 0 aliphatic carbocycles. The molecule has 164 valence electrons. The largest absolute Gasteiger partial charge is 0.425 e. The quantitative estimate of drug-likeness (QED) is 0.562. The molecule has 1 aliphatic rings. The van der Waals surface area contributed by atoms with E-state index in [1.165, 1.54) is 24.5 Å². The Labute approximate surface area is 176 Å².